The summed E-state index contributed by atoms with van der Waals surface area (Å²) in [5.41, 5.74) is 2.74. The third kappa shape index (κ3) is 4.26. The molecule has 4 nitrogen and oxygen atoms in total. The average Bonchev–Trinajstić information content (AvgIpc) is 2.91. The van der Waals surface area contributed by atoms with E-state index in [4.69, 9.17) is 0 Å². The summed E-state index contributed by atoms with van der Waals surface area (Å²) in [6, 6.07) is 3.92. The molecular formula is C17H19BrN2O2S. The number of aryl methyl sites for hydroxylation is 1. The van der Waals surface area contributed by atoms with Crippen LogP contribution in [0.3, 0.4) is 0 Å². The maximum Gasteiger partial charge on any atom is 0.186 e. The number of rotatable bonds is 6. The maximum absolute atomic E-state index is 12.5. The molecule has 0 unspecified atom stereocenters. The third-order valence-corrected chi connectivity index (χ3v) is 5.23. The van der Waals surface area contributed by atoms with Crippen LogP contribution in [-0.4, -0.2) is 22.6 Å². The predicted octanol–water partition coefficient (Wildman–Crippen LogP) is 4.66. The third-order valence-electron chi connectivity index (χ3n) is 3.35. The zero-order chi connectivity index (χ0) is 17.1. The van der Waals surface area contributed by atoms with E-state index in [-0.39, 0.29) is 24.0 Å². The van der Waals surface area contributed by atoms with Crippen LogP contribution in [0.25, 0.3) is 0 Å². The molecule has 0 amide bonds. The number of thiazole rings is 1. The molecule has 0 saturated carbocycles. The Labute approximate surface area is 148 Å². The fraction of sp³-hybridized carbons (Fsp3) is 0.353. The maximum atomic E-state index is 12.5. The van der Waals surface area contributed by atoms with Crippen LogP contribution in [0.15, 0.2) is 22.0 Å². The van der Waals surface area contributed by atoms with Crippen molar-refractivity contribution < 1.29 is 9.59 Å². The molecule has 1 N–H and O–H groups in total. The summed E-state index contributed by atoms with van der Waals surface area (Å²) in [6.45, 7) is 7.49. The zero-order valence-electron chi connectivity index (χ0n) is 13.6. The number of aromatic nitrogens is 1. The van der Waals surface area contributed by atoms with Crippen LogP contribution in [0.5, 0.6) is 0 Å². The quantitative estimate of drug-likeness (QED) is 0.723. The Morgan fingerprint density at radius 2 is 2.04 bits per heavy atom. The van der Waals surface area contributed by atoms with Crippen LogP contribution in [0.4, 0.5) is 5.13 Å². The number of nitrogens with one attached hydrogen (secondary N) is 1. The van der Waals surface area contributed by atoms with E-state index < -0.39 is 0 Å². The second-order valence-corrected chi connectivity index (χ2v) is 7.37. The van der Waals surface area contributed by atoms with Crippen LogP contribution >= 0.6 is 27.3 Å². The molecule has 0 aliphatic carbocycles. The largest absolute Gasteiger partial charge is 0.359 e. The van der Waals surface area contributed by atoms with Crippen molar-refractivity contribution in [3.05, 3.63) is 44.4 Å². The highest BCUT2D eigenvalue weighted by atomic mass is 79.9. The van der Waals surface area contributed by atoms with Gasteiger partial charge in [0.1, 0.15) is 5.69 Å². The summed E-state index contributed by atoms with van der Waals surface area (Å²) < 4.78 is 0.814. The number of anilines is 1. The SMILES string of the molecule is CC(=O)c1ccc(C)c(Br)c1CC(=O)c1csc(NC(C)C)n1. The number of Topliss-reactive ketones (excluding diaryl/α,β-unsaturated/α-hetero) is 2. The molecule has 1 heterocycles. The number of hydrogen-bond acceptors (Lipinski definition) is 5. The summed E-state index contributed by atoms with van der Waals surface area (Å²) in [4.78, 5) is 28.7. The molecule has 6 heteroatoms. The first-order chi connectivity index (χ1) is 10.8. The number of carbonyl (C=O) groups is 2. The molecule has 23 heavy (non-hydrogen) atoms. The Bertz CT molecular complexity index is 753. The molecule has 1 aromatic heterocycles. The molecule has 122 valence electrons. The number of halogens is 1. The first-order valence-electron chi connectivity index (χ1n) is 7.33. The summed E-state index contributed by atoms with van der Waals surface area (Å²) in [5, 5.41) is 5.67. The second-order valence-electron chi connectivity index (χ2n) is 5.72. The fourth-order valence-electron chi connectivity index (χ4n) is 2.21. The van der Waals surface area contributed by atoms with Crippen LogP contribution in [-0.2, 0) is 6.42 Å². The van der Waals surface area contributed by atoms with Crippen molar-refractivity contribution in [1.82, 2.24) is 4.98 Å². The van der Waals surface area contributed by atoms with E-state index in [1.807, 2.05) is 26.8 Å². The van der Waals surface area contributed by atoms with E-state index in [1.54, 1.807) is 11.4 Å². The van der Waals surface area contributed by atoms with Gasteiger partial charge in [-0.05, 0) is 38.8 Å². The highest BCUT2D eigenvalue weighted by Gasteiger charge is 2.19. The van der Waals surface area contributed by atoms with Gasteiger partial charge in [0.05, 0.1) is 0 Å². The minimum atomic E-state index is -0.0909. The number of nitrogens with zero attached hydrogens (tertiary/aromatic N) is 1. The molecule has 0 aliphatic rings. The average molecular weight is 395 g/mol. The topological polar surface area (TPSA) is 59.1 Å². The van der Waals surface area contributed by atoms with Crippen LogP contribution in [0.1, 0.15) is 52.7 Å². The number of hydrogen-bond donors (Lipinski definition) is 1. The normalized spacial score (nSPS) is 10.9. The molecule has 0 spiro atoms. The number of carbonyl (C=O) groups excluding carboxylic acids is 2. The van der Waals surface area contributed by atoms with Gasteiger partial charge in [-0.3, -0.25) is 9.59 Å². The zero-order valence-corrected chi connectivity index (χ0v) is 16.0. The Morgan fingerprint density at radius 3 is 2.65 bits per heavy atom. The molecule has 0 atom stereocenters. The molecule has 0 saturated heterocycles. The second kappa shape index (κ2) is 7.36. The summed E-state index contributed by atoms with van der Waals surface area (Å²) in [6.07, 6.45) is 0.155. The first-order valence-corrected chi connectivity index (χ1v) is 9.01. The van der Waals surface area contributed by atoms with Crippen LogP contribution in [0.2, 0.25) is 0 Å². The van der Waals surface area contributed by atoms with Crippen molar-refractivity contribution in [2.45, 2.75) is 40.2 Å². The van der Waals surface area contributed by atoms with E-state index in [0.29, 0.717) is 11.3 Å². The minimum Gasteiger partial charge on any atom is -0.359 e. The van der Waals surface area contributed by atoms with Gasteiger partial charge in [-0.25, -0.2) is 4.98 Å². The van der Waals surface area contributed by atoms with E-state index in [1.165, 1.54) is 18.3 Å². The lowest BCUT2D eigenvalue weighted by Gasteiger charge is -2.11. The van der Waals surface area contributed by atoms with E-state index in [0.717, 1.165) is 20.7 Å². The standard InChI is InChI=1S/C17H19BrN2O2S/c1-9(2)19-17-20-14(8-23-17)15(22)7-13-12(11(4)21)6-5-10(3)16(13)18/h5-6,8-9H,7H2,1-4H3,(H,19,20). The highest BCUT2D eigenvalue weighted by Crippen LogP contribution is 2.27. The van der Waals surface area contributed by atoms with Gasteiger partial charge in [0, 0.05) is 27.9 Å². The fourth-order valence-corrected chi connectivity index (χ4v) is 3.56. The molecule has 2 aromatic rings. The van der Waals surface area contributed by atoms with Crippen molar-refractivity contribution in [3.63, 3.8) is 0 Å². The van der Waals surface area contributed by atoms with Gasteiger partial charge >= 0.3 is 0 Å². The van der Waals surface area contributed by atoms with Gasteiger partial charge in [-0.2, -0.15) is 0 Å². The van der Waals surface area contributed by atoms with Gasteiger partial charge < -0.3 is 5.32 Å². The smallest absolute Gasteiger partial charge is 0.186 e. The van der Waals surface area contributed by atoms with Crippen molar-refractivity contribution >= 4 is 44.0 Å². The Kier molecular flexibility index (Phi) is 5.70. The Balaban J connectivity index is 2.28. The van der Waals surface area contributed by atoms with Crippen molar-refractivity contribution in [2.75, 3.05) is 5.32 Å². The van der Waals surface area contributed by atoms with Crippen molar-refractivity contribution in [1.29, 1.82) is 0 Å². The highest BCUT2D eigenvalue weighted by molar-refractivity contribution is 9.10. The minimum absolute atomic E-state index is 0.0473. The monoisotopic (exact) mass is 394 g/mol. The predicted molar refractivity (Wildman–Crippen MR) is 97.8 cm³/mol. The molecular weight excluding hydrogens is 376 g/mol. The Morgan fingerprint density at radius 1 is 1.35 bits per heavy atom. The van der Waals surface area contributed by atoms with Gasteiger partial charge in [0.25, 0.3) is 0 Å². The van der Waals surface area contributed by atoms with Gasteiger partial charge in [0.2, 0.25) is 0 Å². The van der Waals surface area contributed by atoms with E-state index in [2.05, 4.69) is 26.2 Å². The molecule has 0 bridgehead atoms. The molecule has 2 rings (SSSR count). The first kappa shape index (κ1) is 17.8. The van der Waals surface area contributed by atoms with E-state index in [9.17, 15) is 9.59 Å². The van der Waals surface area contributed by atoms with Crippen molar-refractivity contribution in [2.24, 2.45) is 0 Å². The lowest BCUT2D eigenvalue weighted by atomic mass is 9.97. The number of ketones is 2. The van der Waals surface area contributed by atoms with E-state index >= 15 is 0 Å². The molecule has 0 radical (unpaired) electrons. The van der Waals surface area contributed by atoms with Crippen molar-refractivity contribution in [3.8, 4) is 0 Å². The molecule has 0 aliphatic heterocycles. The van der Waals surface area contributed by atoms with Crippen LogP contribution < -0.4 is 5.32 Å². The van der Waals surface area contributed by atoms with Gasteiger partial charge in [0.15, 0.2) is 16.7 Å². The van der Waals surface area contributed by atoms with Crippen LogP contribution in [0, 0.1) is 6.92 Å². The Hall–Kier alpha value is -1.53. The summed E-state index contributed by atoms with van der Waals surface area (Å²) in [7, 11) is 0. The lowest BCUT2D eigenvalue weighted by Crippen LogP contribution is -2.11. The number of benzene rings is 1. The molecule has 0 fully saturated rings. The van der Waals surface area contributed by atoms with Gasteiger partial charge in [-0.15, -0.1) is 11.3 Å². The summed E-state index contributed by atoms with van der Waals surface area (Å²) in [5.74, 6) is -0.138. The van der Waals surface area contributed by atoms with Gasteiger partial charge in [-0.1, -0.05) is 28.1 Å². The summed E-state index contributed by atoms with van der Waals surface area (Å²) >= 11 is 4.92. The molecule has 1 aromatic carbocycles. The lowest BCUT2D eigenvalue weighted by molar-refractivity contribution is 0.0988.